The van der Waals surface area contributed by atoms with Gasteiger partial charge in [-0.3, -0.25) is 9.59 Å². The van der Waals surface area contributed by atoms with Gasteiger partial charge >= 0.3 is 0 Å². The van der Waals surface area contributed by atoms with Crippen molar-refractivity contribution < 1.29 is 33.3 Å². The van der Waals surface area contributed by atoms with Crippen molar-refractivity contribution in [3.05, 3.63) is 36.4 Å². The van der Waals surface area contributed by atoms with Crippen LogP contribution < -0.4 is 20.7 Å². The second-order valence-electron chi connectivity index (χ2n) is 8.41. The topological polar surface area (TPSA) is 140 Å². The van der Waals surface area contributed by atoms with Crippen LogP contribution in [0.3, 0.4) is 0 Å². The summed E-state index contributed by atoms with van der Waals surface area (Å²) in [6, 6.07) is 7.39. The molecule has 2 amide bonds. The highest BCUT2D eigenvalue weighted by Gasteiger charge is 2.12. The van der Waals surface area contributed by atoms with Gasteiger partial charge in [-0.1, -0.05) is 32.1 Å². The van der Waals surface area contributed by atoms with Crippen LogP contribution in [0.4, 0.5) is 5.69 Å². The minimum absolute atomic E-state index is 0.0665. The van der Waals surface area contributed by atoms with Crippen molar-refractivity contribution in [2.24, 2.45) is 0 Å². The van der Waals surface area contributed by atoms with Crippen molar-refractivity contribution in [3.8, 4) is 11.2 Å². The standard InChI is InChI=1S/C27H42N4O7S/c1-4-5-10-30-26(33)19-36-16-17-37-27(39-21-28)20-38-24-8-6-7-23(18-24)31-25(32)9-12-34-14-15-35-13-11-29-22(2)3/h4-8,18,22,27,29H,9-17,19-20H2,1-3H3,(H,30,33)(H,31,32)/b5-4+. The number of carbonyl (C=O) groups is 2. The molecule has 0 spiro atoms. The number of anilines is 1. The van der Waals surface area contributed by atoms with Crippen LogP contribution in [0, 0.1) is 10.7 Å². The number of carbonyl (C=O) groups excluding carboxylic acids is 2. The van der Waals surface area contributed by atoms with Gasteiger partial charge in [-0.15, -0.1) is 0 Å². The molecule has 1 rings (SSSR count). The Balaban J connectivity index is 2.25. The molecular weight excluding hydrogens is 524 g/mol. The maximum absolute atomic E-state index is 12.2. The number of benzene rings is 1. The maximum atomic E-state index is 12.2. The van der Waals surface area contributed by atoms with Gasteiger partial charge in [0.25, 0.3) is 0 Å². The molecule has 11 nitrogen and oxygen atoms in total. The molecule has 0 fully saturated rings. The first-order valence-corrected chi connectivity index (χ1v) is 13.9. The number of allylic oxidation sites excluding steroid dienone is 1. The lowest BCUT2D eigenvalue weighted by atomic mass is 10.3. The number of thiocyanates is 1. The average molecular weight is 567 g/mol. The number of nitrogens with zero attached hydrogens (tertiary/aromatic N) is 1. The first-order valence-electron chi connectivity index (χ1n) is 13.0. The molecule has 0 heterocycles. The van der Waals surface area contributed by atoms with E-state index in [9.17, 15) is 9.59 Å². The Morgan fingerprint density at radius 2 is 1.82 bits per heavy atom. The summed E-state index contributed by atoms with van der Waals surface area (Å²) >= 11 is 0.928. The number of hydrogen-bond donors (Lipinski definition) is 3. The number of rotatable bonds is 23. The molecule has 0 saturated carbocycles. The summed E-state index contributed by atoms with van der Waals surface area (Å²) in [6.07, 6.45) is 3.89. The first-order chi connectivity index (χ1) is 18.9. The quantitative estimate of drug-likeness (QED) is 0.0784. The van der Waals surface area contributed by atoms with Gasteiger partial charge in [0.2, 0.25) is 11.8 Å². The molecule has 1 unspecified atom stereocenters. The van der Waals surface area contributed by atoms with Gasteiger partial charge in [-0.05, 0) is 30.8 Å². The van der Waals surface area contributed by atoms with Crippen LogP contribution in [-0.2, 0) is 28.5 Å². The SMILES string of the molecule is C/C=C/CNC(=O)COCCOC(COc1cccc(NC(=O)CCOCCOCCNC(C)C)c1)SC#N. The molecule has 0 saturated heterocycles. The summed E-state index contributed by atoms with van der Waals surface area (Å²) in [5.74, 6) is 0.134. The highest BCUT2D eigenvalue weighted by atomic mass is 32.2. The number of hydrogen-bond acceptors (Lipinski definition) is 10. The van der Waals surface area contributed by atoms with E-state index in [1.165, 1.54) is 0 Å². The lowest BCUT2D eigenvalue weighted by molar-refractivity contribution is -0.126. The predicted molar refractivity (Wildman–Crippen MR) is 152 cm³/mol. The second kappa shape index (κ2) is 23.2. The highest BCUT2D eigenvalue weighted by Crippen LogP contribution is 2.20. The third-order valence-corrected chi connectivity index (χ3v) is 5.39. The van der Waals surface area contributed by atoms with Crippen LogP contribution in [-0.4, -0.2) is 89.2 Å². The lowest BCUT2D eigenvalue weighted by Crippen LogP contribution is -2.28. The Morgan fingerprint density at radius 3 is 2.56 bits per heavy atom. The van der Waals surface area contributed by atoms with Gasteiger partial charge in [0.05, 0.1) is 46.1 Å². The summed E-state index contributed by atoms with van der Waals surface area (Å²) in [5, 5.41) is 19.8. The molecule has 1 aromatic carbocycles. The van der Waals surface area contributed by atoms with Gasteiger partial charge in [-0.2, -0.15) is 5.26 Å². The van der Waals surface area contributed by atoms with Crippen molar-refractivity contribution in [1.29, 1.82) is 5.26 Å². The minimum Gasteiger partial charge on any atom is -0.490 e. The molecule has 0 bridgehead atoms. The van der Waals surface area contributed by atoms with Gasteiger partial charge in [0.15, 0.2) is 5.44 Å². The van der Waals surface area contributed by atoms with E-state index in [-0.39, 0.29) is 44.7 Å². The summed E-state index contributed by atoms with van der Waals surface area (Å²) in [6.45, 7) is 9.57. The molecule has 3 N–H and O–H groups in total. The number of thioether (sulfide) groups is 1. The van der Waals surface area contributed by atoms with E-state index >= 15 is 0 Å². The van der Waals surface area contributed by atoms with E-state index in [0.717, 1.165) is 18.3 Å². The first kappa shape index (κ1) is 34.4. The maximum Gasteiger partial charge on any atom is 0.246 e. The zero-order valence-corrected chi connectivity index (χ0v) is 23.9. The van der Waals surface area contributed by atoms with Crippen molar-refractivity contribution in [2.75, 3.05) is 71.3 Å². The molecule has 12 heteroatoms. The molecule has 0 aliphatic rings. The number of nitriles is 1. The number of nitrogens with one attached hydrogen (secondary N) is 3. The molecular formula is C27H42N4O7S. The zero-order chi connectivity index (χ0) is 28.6. The normalized spacial score (nSPS) is 11.9. The second-order valence-corrected chi connectivity index (χ2v) is 9.35. The Hall–Kier alpha value is -2.66. The van der Waals surface area contributed by atoms with Crippen LogP contribution >= 0.6 is 11.8 Å². The van der Waals surface area contributed by atoms with Gasteiger partial charge in [-0.25, -0.2) is 0 Å². The fourth-order valence-electron chi connectivity index (χ4n) is 2.88. The van der Waals surface area contributed by atoms with Crippen molar-refractivity contribution in [3.63, 3.8) is 0 Å². The molecule has 0 radical (unpaired) electrons. The summed E-state index contributed by atoms with van der Waals surface area (Å²) in [7, 11) is 0. The smallest absolute Gasteiger partial charge is 0.246 e. The van der Waals surface area contributed by atoms with Crippen LogP contribution in [0.15, 0.2) is 36.4 Å². The van der Waals surface area contributed by atoms with Crippen LogP contribution in [0.2, 0.25) is 0 Å². The third-order valence-electron chi connectivity index (χ3n) is 4.75. The Kier molecular flexibility index (Phi) is 20.5. The van der Waals surface area contributed by atoms with Crippen LogP contribution in [0.5, 0.6) is 5.75 Å². The molecule has 39 heavy (non-hydrogen) atoms. The largest absolute Gasteiger partial charge is 0.490 e. The van der Waals surface area contributed by atoms with Gasteiger partial charge in [0, 0.05) is 30.9 Å². The van der Waals surface area contributed by atoms with Crippen LogP contribution in [0.1, 0.15) is 27.2 Å². The zero-order valence-electron chi connectivity index (χ0n) is 23.1. The fourth-order valence-corrected chi connectivity index (χ4v) is 3.30. The van der Waals surface area contributed by atoms with E-state index in [4.69, 9.17) is 28.9 Å². The Labute approximate surface area is 235 Å². The monoisotopic (exact) mass is 566 g/mol. The summed E-state index contributed by atoms with van der Waals surface area (Å²) < 4.78 is 27.6. The molecule has 0 aliphatic carbocycles. The van der Waals surface area contributed by atoms with E-state index in [1.807, 2.05) is 24.5 Å². The van der Waals surface area contributed by atoms with Crippen molar-refractivity contribution in [1.82, 2.24) is 10.6 Å². The van der Waals surface area contributed by atoms with E-state index in [2.05, 4.69) is 29.8 Å². The molecule has 1 atom stereocenters. The van der Waals surface area contributed by atoms with Gasteiger partial charge in [0.1, 0.15) is 24.4 Å². The molecule has 0 aromatic heterocycles. The van der Waals surface area contributed by atoms with Crippen LogP contribution in [0.25, 0.3) is 0 Å². The average Bonchev–Trinajstić information content (AvgIpc) is 2.90. The van der Waals surface area contributed by atoms with Crippen molar-refractivity contribution >= 4 is 29.3 Å². The summed E-state index contributed by atoms with van der Waals surface area (Å²) in [5.41, 5.74) is 0.0398. The number of ether oxygens (including phenoxy) is 5. The van der Waals surface area contributed by atoms with Gasteiger partial charge < -0.3 is 39.6 Å². The molecule has 218 valence electrons. The summed E-state index contributed by atoms with van der Waals surface area (Å²) in [4.78, 5) is 23.8. The van der Waals surface area contributed by atoms with E-state index in [0.29, 0.717) is 50.5 Å². The van der Waals surface area contributed by atoms with E-state index in [1.54, 1.807) is 24.3 Å². The molecule has 1 aromatic rings. The lowest BCUT2D eigenvalue weighted by Gasteiger charge is -2.16. The minimum atomic E-state index is -0.548. The fraction of sp³-hybridized carbons (Fsp3) is 0.593. The highest BCUT2D eigenvalue weighted by molar-refractivity contribution is 8.04. The number of amides is 2. The van der Waals surface area contributed by atoms with Crippen molar-refractivity contribution in [2.45, 2.75) is 38.7 Å². The predicted octanol–water partition coefficient (Wildman–Crippen LogP) is 2.69. The third kappa shape index (κ3) is 20.0. The Morgan fingerprint density at radius 1 is 1.05 bits per heavy atom. The molecule has 0 aliphatic heterocycles. The Bertz CT molecular complexity index is 880. The van der Waals surface area contributed by atoms with E-state index < -0.39 is 5.44 Å².